The standard InChI is InChI=1S/C10H11ClN2O2S/c1-6(9(14)13-10(12)15)16-8-4-2-7(11)3-5-8/h2-6H,1H3,(H3,12,13,14,15)/t6-/m1/s1. The molecule has 1 aromatic rings. The number of carbonyl (C=O) groups excluding carboxylic acids is 2. The van der Waals surface area contributed by atoms with Crippen LogP contribution in [0.5, 0.6) is 0 Å². The Balaban J connectivity index is 2.57. The van der Waals surface area contributed by atoms with Gasteiger partial charge in [-0.25, -0.2) is 4.79 Å². The van der Waals surface area contributed by atoms with E-state index in [0.717, 1.165) is 4.90 Å². The van der Waals surface area contributed by atoms with E-state index in [0.29, 0.717) is 5.02 Å². The van der Waals surface area contributed by atoms with Crippen LogP contribution in [0.4, 0.5) is 4.79 Å². The van der Waals surface area contributed by atoms with Gasteiger partial charge in [-0.1, -0.05) is 11.6 Å². The molecule has 0 aliphatic rings. The normalized spacial score (nSPS) is 11.9. The second kappa shape index (κ2) is 5.77. The predicted molar refractivity (Wildman–Crippen MR) is 64.5 cm³/mol. The van der Waals surface area contributed by atoms with E-state index >= 15 is 0 Å². The maximum absolute atomic E-state index is 11.4. The molecule has 86 valence electrons. The van der Waals surface area contributed by atoms with Crippen molar-refractivity contribution in [1.82, 2.24) is 5.32 Å². The largest absolute Gasteiger partial charge is 0.351 e. The topological polar surface area (TPSA) is 72.2 Å². The maximum Gasteiger partial charge on any atom is 0.318 e. The van der Waals surface area contributed by atoms with E-state index in [1.54, 1.807) is 31.2 Å². The number of primary amides is 1. The van der Waals surface area contributed by atoms with E-state index in [1.807, 2.05) is 5.32 Å². The number of nitrogens with two attached hydrogens (primary N) is 1. The van der Waals surface area contributed by atoms with Gasteiger partial charge in [0, 0.05) is 9.92 Å². The van der Waals surface area contributed by atoms with Crippen molar-refractivity contribution < 1.29 is 9.59 Å². The molecular formula is C10H11ClN2O2S. The van der Waals surface area contributed by atoms with Gasteiger partial charge in [-0.15, -0.1) is 11.8 Å². The number of amides is 3. The first-order valence-electron chi connectivity index (χ1n) is 4.51. The molecule has 4 nitrogen and oxygen atoms in total. The van der Waals surface area contributed by atoms with Gasteiger partial charge in [-0.3, -0.25) is 10.1 Å². The van der Waals surface area contributed by atoms with E-state index < -0.39 is 17.2 Å². The Morgan fingerprint density at radius 1 is 1.38 bits per heavy atom. The van der Waals surface area contributed by atoms with Gasteiger partial charge in [-0.05, 0) is 31.2 Å². The minimum absolute atomic E-state index is 0.395. The van der Waals surface area contributed by atoms with E-state index in [9.17, 15) is 9.59 Å². The molecule has 0 unspecified atom stereocenters. The van der Waals surface area contributed by atoms with Gasteiger partial charge in [0.1, 0.15) is 0 Å². The molecule has 0 aliphatic carbocycles. The lowest BCUT2D eigenvalue weighted by Gasteiger charge is -2.09. The average molecular weight is 259 g/mol. The van der Waals surface area contributed by atoms with Crippen LogP contribution in [0.3, 0.4) is 0 Å². The van der Waals surface area contributed by atoms with Crippen LogP contribution in [-0.4, -0.2) is 17.2 Å². The molecule has 0 bridgehead atoms. The summed E-state index contributed by atoms with van der Waals surface area (Å²) in [5.41, 5.74) is 4.85. The Labute approximate surface area is 103 Å². The Bertz CT molecular complexity index is 394. The fraction of sp³-hybridized carbons (Fsp3) is 0.200. The Hall–Kier alpha value is -1.20. The lowest BCUT2D eigenvalue weighted by molar-refractivity contribution is -0.119. The molecule has 0 heterocycles. The minimum Gasteiger partial charge on any atom is -0.351 e. The number of thioether (sulfide) groups is 1. The third-order valence-corrected chi connectivity index (χ3v) is 3.11. The monoisotopic (exact) mass is 258 g/mol. The highest BCUT2D eigenvalue weighted by Gasteiger charge is 2.15. The summed E-state index contributed by atoms with van der Waals surface area (Å²) in [4.78, 5) is 22.7. The zero-order valence-electron chi connectivity index (χ0n) is 8.57. The van der Waals surface area contributed by atoms with Crippen LogP contribution in [0.25, 0.3) is 0 Å². The molecule has 3 amide bonds. The Kier molecular flexibility index (Phi) is 4.64. The fourth-order valence-corrected chi connectivity index (χ4v) is 1.99. The van der Waals surface area contributed by atoms with Crippen LogP contribution >= 0.6 is 23.4 Å². The van der Waals surface area contributed by atoms with E-state index in [1.165, 1.54) is 11.8 Å². The SMILES string of the molecule is C[C@@H](Sc1ccc(Cl)cc1)C(=O)NC(N)=O. The Morgan fingerprint density at radius 2 is 1.94 bits per heavy atom. The summed E-state index contributed by atoms with van der Waals surface area (Å²) in [6.07, 6.45) is 0. The molecule has 0 fully saturated rings. The number of nitrogens with one attached hydrogen (secondary N) is 1. The number of imide groups is 1. The van der Waals surface area contributed by atoms with Gasteiger partial charge >= 0.3 is 6.03 Å². The van der Waals surface area contributed by atoms with Crippen molar-refractivity contribution >= 4 is 35.3 Å². The van der Waals surface area contributed by atoms with Crippen molar-refractivity contribution in [3.05, 3.63) is 29.3 Å². The first-order chi connectivity index (χ1) is 7.49. The number of halogens is 1. The third kappa shape index (κ3) is 4.12. The molecule has 0 saturated heterocycles. The summed E-state index contributed by atoms with van der Waals surface area (Å²) in [6.45, 7) is 1.69. The van der Waals surface area contributed by atoms with Crippen LogP contribution in [0.1, 0.15) is 6.92 Å². The van der Waals surface area contributed by atoms with E-state index in [-0.39, 0.29) is 0 Å². The summed E-state index contributed by atoms with van der Waals surface area (Å²) in [5, 5.41) is 2.27. The van der Waals surface area contributed by atoms with Crippen LogP contribution in [-0.2, 0) is 4.79 Å². The number of hydrogen-bond acceptors (Lipinski definition) is 3. The lowest BCUT2D eigenvalue weighted by Crippen LogP contribution is -2.39. The van der Waals surface area contributed by atoms with Gasteiger partial charge in [0.25, 0.3) is 0 Å². The number of hydrogen-bond donors (Lipinski definition) is 2. The number of carbonyl (C=O) groups is 2. The van der Waals surface area contributed by atoms with Gasteiger partial charge in [0.15, 0.2) is 0 Å². The molecule has 1 aromatic carbocycles. The second-order valence-corrected chi connectivity index (χ2v) is 4.92. The zero-order valence-corrected chi connectivity index (χ0v) is 10.1. The lowest BCUT2D eigenvalue weighted by atomic mass is 10.4. The van der Waals surface area contributed by atoms with Crippen molar-refractivity contribution in [2.24, 2.45) is 5.73 Å². The number of urea groups is 1. The molecule has 6 heteroatoms. The molecule has 0 aliphatic heterocycles. The van der Waals surface area contributed by atoms with Crippen LogP contribution < -0.4 is 11.1 Å². The van der Waals surface area contributed by atoms with Crippen molar-refractivity contribution in [3.63, 3.8) is 0 Å². The van der Waals surface area contributed by atoms with Gasteiger partial charge in [0.05, 0.1) is 5.25 Å². The Morgan fingerprint density at radius 3 is 2.44 bits per heavy atom. The summed E-state index contributed by atoms with van der Waals surface area (Å²) in [5.74, 6) is -0.410. The van der Waals surface area contributed by atoms with E-state index in [4.69, 9.17) is 17.3 Å². The van der Waals surface area contributed by atoms with Gasteiger partial charge in [0.2, 0.25) is 5.91 Å². The summed E-state index contributed by atoms with van der Waals surface area (Å²) in [7, 11) is 0. The molecule has 0 spiro atoms. The summed E-state index contributed by atoms with van der Waals surface area (Å²) in [6, 6.07) is 6.25. The quantitative estimate of drug-likeness (QED) is 0.815. The molecule has 1 atom stereocenters. The smallest absolute Gasteiger partial charge is 0.318 e. The first-order valence-corrected chi connectivity index (χ1v) is 5.77. The van der Waals surface area contributed by atoms with Crippen LogP contribution in [0.2, 0.25) is 5.02 Å². The van der Waals surface area contributed by atoms with Crippen molar-refractivity contribution in [2.45, 2.75) is 17.1 Å². The molecule has 0 radical (unpaired) electrons. The highest BCUT2D eigenvalue weighted by atomic mass is 35.5. The molecule has 0 saturated carbocycles. The highest BCUT2D eigenvalue weighted by Crippen LogP contribution is 2.24. The first kappa shape index (κ1) is 12.9. The highest BCUT2D eigenvalue weighted by molar-refractivity contribution is 8.00. The molecule has 16 heavy (non-hydrogen) atoms. The fourth-order valence-electron chi connectivity index (χ4n) is 0.994. The van der Waals surface area contributed by atoms with Crippen molar-refractivity contribution in [2.75, 3.05) is 0 Å². The van der Waals surface area contributed by atoms with Crippen molar-refractivity contribution in [1.29, 1.82) is 0 Å². The summed E-state index contributed by atoms with van der Waals surface area (Å²) < 4.78 is 0. The van der Waals surface area contributed by atoms with E-state index in [2.05, 4.69) is 0 Å². The van der Waals surface area contributed by atoms with Crippen LogP contribution in [0.15, 0.2) is 29.2 Å². The van der Waals surface area contributed by atoms with Gasteiger partial charge in [-0.2, -0.15) is 0 Å². The molecule has 3 N–H and O–H groups in total. The minimum atomic E-state index is -0.839. The predicted octanol–water partition coefficient (Wildman–Crippen LogP) is 2.02. The number of benzene rings is 1. The van der Waals surface area contributed by atoms with Crippen LogP contribution in [0, 0.1) is 0 Å². The third-order valence-electron chi connectivity index (χ3n) is 1.74. The second-order valence-electron chi connectivity index (χ2n) is 3.07. The average Bonchev–Trinajstić information content (AvgIpc) is 2.20. The zero-order chi connectivity index (χ0) is 12.1. The maximum atomic E-state index is 11.4. The van der Waals surface area contributed by atoms with Gasteiger partial charge < -0.3 is 5.73 Å². The number of rotatable bonds is 3. The molecular weight excluding hydrogens is 248 g/mol. The summed E-state index contributed by atoms with van der Waals surface area (Å²) >= 11 is 7.05. The van der Waals surface area contributed by atoms with Crippen molar-refractivity contribution in [3.8, 4) is 0 Å². The molecule has 1 rings (SSSR count). The molecule has 0 aromatic heterocycles.